The molecule has 0 aliphatic carbocycles. The summed E-state index contributed by atoms with van der Waals surface area (Å²) in [6, 6.07) is 12.7. The quantitative estimate of drug-likeness (QED) is 0.488. The van der Waals surface area contributed by atoms with Crippen LogP contribution in [0.4, 0.5) is 0 Å². The topological polar surface area (TPSA) is 58.9 Å². The summed E-state index contributed by atoms with van der Waals surface area (Å²) in [6.45, 7) is 7.29. The number of benzene rings is 1. The maximum atomic E-state index is 13.0. The van der Waals surface area contributed by atoms with Gasteiger partial charge in [-0.2, -0.15) is 0 Å². The highest BCUT2D eigenvalue weighted by atomic mass is 16.5. The van der Waals surface area contributed by atoms with E-state index in [-0.39, 0.29) is 11.8 Å². The maximum absolute atomic E-state index is 13.0. The highest BCUT2D eigenvalue weighted by Gasteiger charge is 2.25. The van der Waals surface area contributed by atoms with Gasteiger partial charge in [0.05, 0.1) is 12.8 Å². The molecule has 1 saturated heterocycles. The minimum Gasteiger partial charge on any atom is -0.496 e. The van der Waals surface area contributed by atoms with E-state index < -0.39 is 0 Å². The number of aromatic nitrogens is 2. The second kappa shape index (κ2) is 10.8. The van der Waals surface area contributed by atoms with Crippen LogP contribution >= 0.6 is 0 Å². The highest BCUT2D eigenvalue weighted by molar-refractivity contribution is 5.77. The third-order valence-electron chi connectivity index (χ3n) is 6.91. The third kappa shape index (κ3) is 5.38. The lowest BCUT2D eigenvalue weighted by Crippen LogP contribution is -2.39. The summed E-state index contributed by atoms with van der Waals surface area (Å²) in [7, 11) is 1.68. The zero-order chi connectivity index (χ0) is 23.2. The molecule has 0 radical (unpaired) electrons. The Morgan fingerprint density at radius 2 is 2.09 bits per heavy atom. The SMILES string of the molecule is COc1ccccc1C(CC(=O)NCCCN1CCCCC1C)c1cnc2c(C)cccn12. The number of carbonyl (C=O) groups is 1. The van der Waals surface area contributed by atoms with Crippen molar-refractivity contribution in [3.8, 4) is 5.75 Å². The molecular formula is C27H36N4O2. The molecule has 6 nitrogen and oxygen atoms in total. The number of imidazole rings is 1. The predicted molar refractivity (Wildman–Crippen MR) is 132 cm³/mol. The van der Waals surface area contributed by atoms with Crippen LogP contribution in [0.15, 0.2) is 48.8 Å². The van der Waals surface area contributed by atoms with Crippen LogP contribution in [0.2, 0.25) is 0 Å². The Labute approximate surface area is 197 Å². The number of aryl methyl sites for hydroxylation is 1. The Balaban J connectivity index is 1.48. The molecule has 0 spiro atoms. The van der Waals surface area contributed by atoms with Crippen LogP contribution in [0.1, 0.15) is 61.8 Å². The molecule has 1 aliphatic heterocycles. The number of likely N-dealkylation sites (tertiary alicyclic amines) is 1. The largest absolute Gasteiger partial charge is 0.496 e. The van der Waals surface area contributed by atoms with Gasteiger partial charge in [0.2, 0.25) is 5.91 Å². The Bertz CT molecular complexity index is 1080. The van der Waals surface area contributed by atoms with Gasteiger partial charge in [-0.15, -0.1) is 0 Å². The van der Waals surface area contributed by atoms with Crippen LogP contribution in [-0.2, 0) is 4.79 Å². The van der Waals surface area contributed by atoms with E-state index in [4.69, 9.17) is 4.74 Å². The number of nitrogens with zero attached hydrogens (tertiary/aromatic N) is 3. The number of carbonyl (C=O) groups excluding carboxylic acids is 1. The van der Waals surface area contributed by atoms with Crippen molar-refractivity contribution in [1.29, 1.82) is 0 Å². The summed E-state index contributed by atoms with van der Waals surface area (Å²) in [5, 5.41) is 3.16. The number of pyridine rings is 1. The fourth-order valence-corrected chi connectivity index (χ4v) is 5.01. The van der Waals surface area contributed by atoms with Crippen molar-refractivity contribution < 1.29 is 9.53 Å². The van der Waals surface area contributed by atoms with Crippen LogP contribution in [0, 0.1) is 6.92 Å². The zero-order valence-corrected chi connectivity index (χ0v) is 20.1. The maximum Gasteiger partial charge on any atom is 0.221 e. The molecule has 2 unspecified atom stereocenters. The van der Waals surface area contributed by atoms with Crippen LogP contribution in [-0.4, -0.2) is 53.0 Å². The van der Waals surface area contributed by atoms with Crippen molar-refractivity contribution in [3.63, 3.8) is 0 Å². The van der Waals surface area contributed by atoms with E-state index in [0.29, 0.717) is 19.0 Å². The monoisotopic (exact) mass is 448 g/mol. The number of fused-ring (bicyclic) bond motifs is 1. The average molecular weight is 449 g/mol. The third-order valence-corrected chi connectivity index (χ3v) is 6.91. The smallest absolute Gasteiger partial charge is 0.221 e. The van der Waals surface area contributed by atoms with E-state index >= 15 is 0 Å². The number of amides is 1. The van der Waals surface area contributed by atoms with Gasteiger partial charge in [-0.05, 0) is 57.4 Å². The predicted octanol–water partition coefficient (Wildman–Crippen LogP) is 4.55. The summed E-state index contributed by atoms with van der Waals surface area (Å²) in [5.74, 6) is 0.692. The normalized spacial score (nSPS) is 17.7. The second-order valence-electron chi connectivity index (χ2n) is 9.15. The molecule has 1 aromatic carbocycles. The van der Waals surface area contributed by atoms with Gasteiger partial charge in [0.15, 0.2) is 0 Å². The molecule has 0 bridgehead atoms. The van der Waals surface area contributed by atoms with Gasteiger partial charge >= 0.3 is 0 Å². The van der Waals surface area contributed by atoms with E-state index in [9.17, 15) is 4.79 Å². The first-order valence-electron chi connectivity index (χ1n) is 12.1. The van der Waals surface area contributed by atoms with Crippen molar-refractivity contribution >= 4 is 11.6 Å². The molecule has 2 aromatic heterocycles. The van der Waals surface area contributed by atoms with E-state index in [0.717, 1.165) is 41.2 Å². The first kappa shape index (κ1) is 23.3. The zero-order valence-electron chi connectivity index (χ0n) is 20.1. The minimum atomic E-state index is -0.153. The first-order valence-corrected chi connectivity index (χ1v) is 12.1. The molecule has 0 saturated carbocycles. The summed E-state index contributed by atoms with van der Waals surface area (Å²) in [5.41, 5.74) is 4.03. The number of rotatable bonds is 9. The lowest BCUT2D eigenvalue weighted by Gasteiger charge is -2.33. The molecule has 1 amide bonds. The van der Waals surface area contributed by atoms with Gasteiger partial charge in [-0.3, -0.25) is 4.79 Å². The van der Waals surface area contributed by atoms with Gasteiger partial charge < -0.3 is 19.4 Å². The molecule has 33 heavy (non-hydrogen) atoms. The molecule has 6 heteroatoms. The number of hydrogen-bond donors (Lipinski definition) is 1. The summed E-state index contributed by atoms with van der Waals surface area (Å²) in [6.07, 6.45) is 9.14. The number of hydrogen-bond acceptors (Lipinski definition) is 4. The Kier molecular flexibility index (Phi) is 7.65. The van der Waals surface area contributed by atoms with Crippen molar-refractivity contribution in [2.24, 2.45) is 0 Å². The van der Waals surface area contributed by atoms with Crippen molar-refractivity contribution in [3.05, 3.63) is 65.6 Å². The number of methoxy groups -OCH3 is 1. The van der Waals surface area contributed by atoms with Gasteiger partial charge in [0.1, 0.15) is 11.4 Å². The van der Waals surface area contributed by atoms with E-state index in [2.05, 4.69) is 39.5 Å². The van der Waals surface area contributed by atoms with Crippen molar-refractivity contribution in [2.75, 3.05) is 26.7 Å². The lowest BCUT2D eigenvalue weighted by atomic mass is 9.91. The van der Waals surface area contributed by atoms with Crippen LogP contribution < -0.4 is 10.1 Å². The Morgan fingerprint density at radius 1 is 1.24 bits per heavy atom. The van der Waals surface area contributed by atoms with E-state index in [1.807, 2.05) is 42.7 Å². The highest BCUT2D eigenvalue weighted by Crippen LogP contribution is 2.35. The fraction of sp³-hybridized carbons (Fsp3) is 0.481. The second-order valence-corrected chi connectivity index (χ2v) is 9.15. The first-order chi connectivity index (χ1) is 16.1. The number of nitrogens with one attached hydrogen (secondary N) is 1. The number of para-hydroxylation sites is 1. The molecule has 3 heterocycles. The average Bonchev–Trinajstić information content (AvgIpc) is 3.26. The van der Waals surface area contributed by atoms with Crippen molar-refractivity contribution in [2.45, 2.75) is 57.9 Å². The van der Waals surface area contributed by atoms with Gasteiger partial charge in [0, 0.05) is 49.4 Å². The molecule has 1 N–H and O–H groups in total. The van der Waals surface area contributed by atoms with E-state index in [1.54, 1.807) is 7.11 Å². The number of piperidine rings is 1. The molecular weight excluding hydrogens is 412 g/mol. The van der Waals surface area contributed by atoms with Gasteiger partial charge in [-0.1, -0.05) is 30.7 Å². The summed E-state index contributed by atoms with van der Waals surface area (Å²) >= 11 is 0. The molecule has 176 valence electrons. The Hall–Kier alpha value is -2.86. The van der Waals surface area contributed by atoms with Gasteiger partial charge in [-0.25, -0.2) is 4.98 Å². The van der Waals surface area contributed by atoms with Crippen LogP contribution in [0.25, 0.3) is 5.65 Å². The van der Waals surface area contributed by atoms with E-state index in [1.165, 1.54) is 25.8 Å². The van der Waals surface area contributed by atoms with Gasteiger partial charge in [0.25, 0.3) is 0 Å². The summed E-state index contributed by atoms with van der Waals surface area (Å²) in [4.78, 5) is 20.2. The minimum absolute atomic E-state index is 0.0557. The molecule has 3 aromatic rings. The van der Waals surface area contributed by atoms with Crippen molar-refractivity contribution in [1.82, 2.24) is 19.6 Å². The fourth-order valence-electron chi connectivity index (χ4n) is 5.01. The molecule has 4 rings (SSSR count). The number of ether oxygens (including phenoxy) is 1. The standard InChI is InChI=1S/C27H36N4O2/c1-20-10-8-17-31-24(19-29-27(20)31)23(22-12-4-5-13-25(22)33-3)18-26(32)28-14-9-16-30-15-7-6-11-21(30)2/h4-5,8,10,12-13,17,19,21,23H,6-7,9,11,14-16,18H2,1-3H3,(H,28,32). The molecule has 2 atom stereocenters. The summed E-state index contributed by atoms with van der Waals surface area (Å²) < 4.78 is 7.75. The van der Waals surface area contributed by atoms with Crippen LogP contribution in [0.3, 0.4) is 0 Å². The molecule has 1 fully saturated rings. The molecule has 1 aliphatic rings. The van der Waals surface area contributed by atoms with Crippen LogP contribution in [0.5, 0.6) is 5.75 Å². The Morgan fingerprint density at radius 3 is 2.91 bits per heavy atom. The lowest BCUT2D eigenvalue weighted by molar-refractivity contribution is -0.121.